The first-order chi connectivity index (χ1) is 7.11. The molecule has 0 aliphatic carbocycles. The van der Waals surface area contributed by atoms with E-state index in [0.717, 1.165) is 0 Å². The van der Waals surface area contributed by atoms with Crippen molar-refractivity contribution in [1.82, 2.24) is 9.97 Å². The lowest BCUT2D eigenvalue weighted by molar-refractivity contribution is 0.0655. The fourth-order valence-electron chi connectivity index (χ4n) is 0.864. The van der Waals surface area contributed by atoms with Crippen molar-refractivity contribution in [3.8, 4) is 0 Å². The van der Waals surface area contributed by atoms with Gasteiger partial charge in [-0.1, -0.05) is 0 Å². The van der Waals surface area contributed by atoms with Crippen molar-refractivity contribution in [3.05, 3.63) is 16.7 Å². The molecule has 0 radical (unpaired) electrons. The maximum absolute atomic E-state index is 10.7. The number of aromatic carboxylic acids is 1. The summed E-state index contributed by atoms with van der Waals surface area (Å²) in [6.07, 6.45) is 0. The molecule has 9 nitrogen and oxygen atoms in total. The van der Waals surface area contributed by atoms with Crippen LogP contribution in [0.2, 0.25) is 0 Å². The van der Waals surface area contributed by atoms with E-state index >= 15 is 0 Å². The van der Waals surface area contributed by atoms with E-state index in [0.29, 0.717) is 0 Å². The lowest BCUT2D eigenvalue weighted by Crippen LogP contribution is -1.96. The van der Waals surface area contributed by atoms with Crippen molar-refractivity contribution >= 4 is 23.3 Å². The number of carboxylic acids is 1. The van der Waals surface area contributed by atoms with Gasteiger partial charge in [-0.25, -0.2) is 4.79 Å². The van der Waals surface area contributed by atoms with Crippen LogP contribution in [0.1, 0.15) is 21.4 Å². The van der Waals surface area contributed by atoms with Crippen LogP contribution < -0.4 is 0 Å². The molecule has 2 rings (SSSR count). The second kappa shape index (κ2) is 2.97. The standard InChI is InChI=1S/C6HN3O6/c10-1(9-13)2-7-3-4(14-2)8-5(15-3)6(11)12/h(H,11,12). The van der Waals surface area contributed by atoms with Gasteiger partial charge in [-0.3, -0.25) is 4.79 Å². The lowest BCUT2D eigenvalue weighted by atomic mass is 10.6. The Morgan fingerprint density at radius 3 is 2.20 bits per heavy atom. The highest BCUT2D eigenvalue weighted by atomic mass is 16.4. The summed E-state index contributed by atoms with van der Waals surface area (Å²) >= 11 is 0. The summed E-state index contributed by atoms with van der Waals surface area (Å²) in [7, 11) is 0. The third-order valence-electron chi connectivity index (χ3n) is 1.42. The average Bonchev–Trinajstić information content (AvgIpc) is 2.72. The van der Waals surface area contributed by atoms with Gasteiger partial charge in [-0.05, 0) is 0 Å². The zero-order valence-corrected chi connectivity index (χ0v) is 6.83. The van der Waals surface area contributed by atoms with Gasteiger partial charge >= 0.3 is 17.8 Å². The predicted octanol–water partition coefficient (Wildman–Crippen LogP) is 0.421. The first kappa shape index (κ1) is 8.99. The average molecular weight is 211 g/mol. The number of aromatic nitrogens is 2. The second-order valence-corrected chi connectivity index (χ2v) is 2.35. The van der Waals surface area contributed by atoms with Gasteiger partial charge in [0.2, 0.25) is 0 Å². The van der Waals surface area contributed by atoms with Crippen molar-refractivity contribution in [2.45, 2.75) is 0 Å². The molecule has 2 aromatic heterocycles. The van der Waals surface area contributed by atoms with E-state index in [1.807, 2.05) is 0 Å². The molecule has 2 aromatic rings. The maximum atomic E-state index is 10.7. The van der Waals surface area contributed by atoms with Crippen LogP contribution in [0.4, 0.5) is 0 Å². The van der Waals surface area contributed by atoms with Crippen LogP contribution >= 0.6 is 0 Å². The van der Waals surface area contributed by atoms with Crippen molar-refractivity contribution in [2.75, 3.05) is 0 Å². The third kappa shape index (κ3) is 1.35. The number of amides is 1. The molecule has 0 fully saturated rings. The monoisotopic (exact) mass is 211 g/mol. The minimum absolute atomic E-state index is 0.278. The first-order valence-corrected chi connectivity index (χ1v) is 3.50. The maximum Gasteiger partial charge on any atom is 0.392 e. The quantitative estimate of drug-likeness (QED) is 0.705. The van der Waals surface area contributed by atoms with E-state index < -0.39 is 23.7 Å². The highest BCUT2D eigenvalue weighted by Crippen LogP contribution is 2.16. The molecule has 0 aromatic carbocycles. The minimum atomic E-state index is -1.40. The molecule has 1 N–H and O–H groups in total. The molecule has 0 saturated heterocycles. The van der Waals surface area contributed by atoms with Crippen LogP contribution in [0.3, 0.4) is 0 Å². The number of rotatable bonds is 2. The number of nitrogens with zero attached hydrogens (tertiary/aromatic N) is 3. The Labute approximate surface area is 79.7 Å². The van der Waals surface area contributed by atoms with E-state index in [-0.39, 0.29) is 11.4 Å². The predicted molar refractivity (Wildman–Crippen MR) is 41.2 cm³/mol. The molecule has 0 unspecified atom stereocenters. The smallest absolute Gasteiger partial charge is 0.392 e. The van der Waals surface area contributed by atoms with Gasteiger partial charge < -0.3 is 13.9 Å². The number of oxazole rings is 2. The Hall–Kier alpha value is -2.58. The molecule has 1 amide bonds. The van der Waals surface area contributed by atoms with E-state index in [4.69, 9.17) is 5.11 Å². The molecule has 0 aliphatic heterocycles. The lowest BCUT2D eigenvalue weighted by Gasteiger charge is -1.81. The topological polar surface area (TPSA) is 136 Å². The normalized spacial score (nSPS) is 10.4. The van der Waals surface area contributed by atoms with Crippen molar-refractivity contribution in [1.29, 1.82) is 0 Å². The zero-order valence-electron chi connectivity index (χ0n) is 6.83. The van der Waals surface area contributed by atoms with Crippen LogP contribution in [-0.4, -0.2) is 27.0 Å². The van der Waals surface area contributed by atoms with Crippen LogP contribution in [0.15, 0.2) is 14.0 Å². The number of nitroso groups, excluding NO2 is 1. The van der Waals surface area contributed by atoms with Gasteiger partial charge in [0.15, 0.2) is 0 Å². The van der Waals surface area contributed by atoms with Gasteiger partial charge in [0.25, 0.3) is 17.3 Å². The van der Waals surface area contributed by atoms with Crippen LogP contribution in [0, 0.1) is 4.91 Å². The van der Waals surface area contributed by atoms with Gasteiger partial charge in [0.05, 0.1) is 0 Å². The van der Waals surface area contributed by atoms with Crippen molar-refractivity contribution < 1.29 is 23.5 Å². The Morgan fingerprint density at radius 1 is 1.13 bits per heavy atom. The fraction of sp³-hybridized carbons (Fsp3) is 0. The second-order valence-electron chi connectivity index (χ2n) is 2.35. The molecular weight excluding hydrogens is 210 g/mol. The summed E-state index contributed by atoms with van der Waals surface area (Å²) < 4.78 is 9.22. The molecule has 0 spiro atoms. The number of hydrogen-bond donors (Lipinski definition) is 1. The number of carbonyl (C=O) groups is 2. The highest BCUT2D eigenvalue weighted by molar-refractivity contribution is 5.92. The summed E-state index contributed by atoms with van der Waals surface area (Å²) in [5.74, 6) is -3.83. The summed E-state index contributed by atoms with van der Waals surface area (Å²) in [6.45, 7) is 0. The number of carboxylic acid groups (broad SMARTS) is 1. The molecule has 2 heterocycles. The fourth-order valence-corrected chi connectivity index (χ4v) is 0.864. The molecule has 9 heteroatoms. The molecule has 0 bridgehead atoms. The van der Waals surface area contributed by atoms with Gasteiger partial charge in [0, 0.05) is 5.18 Å². The number of carbonyl (C=O) groups excluding carboxylic acids is 1. The zero-order chi connectivity index (χ0) is 11.0. The summed E-state index contributed by atoms with van der Waals surface area (Å²) in [5.41, 5.74) is -0.557. The molecule has 76 valence electrons. The summed E-state index contributed by atoms with van der Waals surface area (Å²) in [5, 5.41) is 10.5. The number of fused-ring (bicyclic) bond motifs is 1. The van der Waals surface area contributed by atoms with E-state index in [2.05, 4.69) is 24.0 Å². The minimum Gasteiger partial charge on any atom is -0.474 e. The van der Waals surface area contributed by atoms with Crippen LogP contribution in [0.25, 0.3) is 11.4 Å². The Morgan fingerprint density at radius 2 is 1.67 bits per heavy atom. The first-order valence-electron chi connectivity index (χ1n) is 3.50. The van der Waals surface area contributed by atoms with Gasteiger partial charge in [0.1, 0.15) is 0 Å². The van der Waals surface area contributed by atoms with Crippen LogP contribution in [-0.2, 0) is 0 Å². The Bertz CT molecular complexity index is 535. The molecule has 15 heavy (non-hydrogen) atoms. The highest BCUT2D eigenvalue weighted by Gasteiger charge is 2.21. The SMILES string of the molecule is O=NC(=O)c1nc2oc(C(=O)O)nc2o1. The Kier molecular flexibility index (Phi) is 1.78. The van der Waals surface area contributed by atoms with Crippen molar-refractivity contribution in [2.24, 2.45) is 5.18 Å². The molecule has 0 saturated carbocycles. The third-order valence-corrected chi connectivity index (χ3v) is 1.42. The van der Waals surface area contributed by atoms with E-state index in [1.165, 1.54) is 0 Å². The molecular formula is C6HN3O6. The molecule has 0 atom stereocenters. The van der Waals surface area contributed by atoms with Gasteiger partial charge in [-0.15, -0.1) is 4.91 Å². The van der Waals surface area contributed by atoms with E-state index in [9.17, 15) is 14.5 Å². The number of hydrogen-bond acceptors (Lipinski definition) is 7. The molecule has 0 aliphatic rings. The summed E-state index contributed by atoms with van der Waals surface area (Å²) in [6, 6.07) is 0. The van der Waals surface area contributed by atoms with Gasteiger partial charge in [-0.2, -0.15) is 9.97 Å². The Balaban J connectivity index is 2.51. The van der Waals surface area contributed by atoms with Crippen molar-refractivity contribution in [3.63, 3.8) is 0 Å². The van der Waals surface area contributed by atoms with E-state index in [1.54, 1.807) is 0 Å². The van der Waals surface area contributed by atoms with Crippen LogP contribution in [0.5, 0.6) is 0 Å². The largest absolute Gasteiger partial charge is 0.474 e. The summed E-state index contributed by atoms with van der Waals surface area (Å²) in [4.78, 5) is 37.6.